The Kier molecular flexibility index (Phi) is 6.27. The second-order valence-corrected chi connectivity index (χ2v) is 4.84. The molecule has 1 fully saturated rings. The molecule has 3 N–H and O–H groups in total. The number of rotatable bonds is 5. The van der Waals surface area contributed by atoms with Gasteiger partial charge in [0.15, 0.2) is 0 Å². The molecule has 0 saturated carbocycles. The lowest BCUT2D eigenvalue weighted by Gasteiger charge is -2.37. The highest BCUT2D eigenvalue weighted by Gasteiger charge is 2.32. The van der Waals surface area contributed by atoms with Gasteiger partial charge in [-0.25, -0.2) is 0 Å². The normalized spacial score (nSPS) is 17.5. The van der Waals surface area contributed by atoms with Crippen LogP contribution in [-0.4, -0.2) is 49.5 Å². The van der Waals surface area contributed by atoms with Gasteiger partial charge in [0.25, 0.3) is 5.91 Å². The fourth-order valence-electron chi connectivity index (χ4n) is 2.38. The molecule has 1 aliphatic heterocycles. The number of piperidine rings is 1. The van der Waals surface area contributed by atoms with Crippen LogP contribution in [0, 0.1) is 5.41 Å². The number of aromatic nitrogens is 2. The highest BCUT2D eigenvalue weighted by molar-refractivity contribution is 5.92. The first kappa shape index (κ1) is 15.9. The van der Waals surface area contributed by atoms with Crippen LogP contribution < -0.4 is 10.6 Å². The van der Waals surface area contributed by atoms with Crippen LogP contribution in [0.5, 0.6) is 0 Å². The lowest BCUT2D eigenvalue weighted by molar-refractivity contribution is 0.0510. The quantitative estimate of drug-likeness (QED) is 0.740. The second kappa shape index (κ2) is 7.47. The standard InChI is InChI=1S/C12H20N4O2.ClH/c1-18-9-12(3-6-13-7-4-12)8-14-11(17)10-2-5-15-16-10;/h2,5,13H,3-4,6-9H2,1H3,(H,14,17)(H,15,16);1H. The average molecular weight is 289 g/mol. The number of H-pyrrole nitrogens is 1. The maximum absolute atomic E-state index is 11.9. The summed E-state index contributed by atoms with van der Waals surface area (Å²) in [6.45, 7) is 3.27. The largest absolute Gasteiger partial charge is 0.384 e. The Bertz CT molecular complexity index is 372. The Morgan fingerprint density at radius 2 is 2.26 bits per heavy atom. The van der Waals surface area contributed by atoms with Crippen molar-refractivity contribution in [2.45, 2.75) is 12.8 Å². The van der Waals surface area contributed by atoms with Gasteiger partial charge in [-0.2, -0.15) is 5.10 Å². The Balaban J connectivity index is 0.00000180. The summed E-state index contributed by atoms with van der Waals surface area (Å²) in [5.74, 6) is -0.110. The van der Waals surface area contributed by atoms with Gasteiger partial charge >= 0.3 is 0 Å². The molecular formula is C12H21ClN4O2. The van der Waals surface area contributed by atoms with Gasteiger partial charge in [0.2, 0.25) is 0 Å². The van der Waals surface area contributed by atoms with Crippen LogP contribution in [0.15, 0.2) is 12.3 Å². The van der Waals surface area contributed by atoms with E-state index in [-0.39, 0.29) is 23.7 Å². The minimum atomic E-state index is -0.110. The van der Waals surface area contributed by atoms with E-state index in [1.165, 1.54) is 0 Å². The SMILES string of the molecule is COCC1(CNC(=O)c2ccn[nH]2)CCNCC1.Cl. The molecular weight excluding hydrogens is 268 g/mol. The highest BCUT2D eigenvalue weighted by atomic mass is 35.5. The van der Waals surface area contributed by atoms with Gasteiger partial charge in [-0.1, -0.05) is 0 Å². The third-order valence-corrected chi connectivity index (χ3v) is 3.48. The van der Waals surface area contributed by atoms with Crippen molar-refractivity contribution in [2.24, 2.45) is 5.41 Å². The van der Waals surface area contributed by atoms with Crippen LogP contribution in [0.1, 0.15) is 23.3 Å². The lowest BCUT2D eigenvalue weighted by atomic mass is 9.79. The van der Waals surface area contributed by atoms with Gasteiger partial charge in [0.05, 0.1) is 6.61 Å². The van der Waals surface area contributed by atoms with E-state index in [1.54, 1.807) is 19.4 Å². The average Bonchev–Trinajstić information content (AvgIpc) is 2.91. The number of carbonyl (C=O) groups is 1. The zero-order chi connectivity index (χ0) is 12.8. The fourth-order valence-corrected chi connectivity index (χ4v) is 2.38. The van der Waals surface area contributed by atoms with Crippen molar-refractivity contribution in [3.63, 3.8) is 0 Å². The molecule has 1 aromatic heterocycles. The van der Waals surface area contributed by atoms with Crippen LogP contribution in [0.2, 0.25) is 0 Å². The number of nitrogens with one attached hydrogen (secondary N) is 3. The van der Waals surface area contributed by atoms with Crippen molar-refractivity contribution in [2.75, 3.05) is 33.4 Å². The van der Waals surface area contributed by atoms with Crippen molar-refractivity contribution in [1.29, 1.82) is 0 Å². The maximum Gasteiger partial charge on any atom is 0.269 e. The number of carbonyl (C=O) groups excluding carboxylic acids is 1. The molecule has 108 valence electrons. The molecule has 0 bridgehead atoms. The maximum atomic E-state index is 11.9. The Morgan fingerprint density at radius 1 is 1.53 bits per heavy atom. The first-order valence-corrected chi connectivity index (χ1v) is 6.23. The highest BCUT2D eigenvalue weighted by Crippen LogP contribution is 2.28. The summed E-state index contributed by atoms with van der Waals surface area (Å²) in [6.07, 6.45) is 3.61. The molecule has 0 radical (unpaired) electrons. The third kappa shape index (κ3) is 4.19. The molecule has 0 aromatic carbocycles. The van der Waals surface area contributed by atoms with Crippen LogP contribution in [0.3, 0.4) is 0 Å². The summed E-state index contributed by atoms with van der Waals surface area (Å²) in [7, 11) is 1.71. The van der Waals surface area contributed by atoms with Gasteiger partial charge in [-0.05, 0) is 32.0 Å². The molecule has 1 aromatic rings. The van der Waals surface area contributed by atoms with E-state index in [2.05, 4.69) is 20.8 Å². The van der Waals surface area contributed by atoms with Crippen molar-refractivity contribution in [3.05, 3.63) is 18.0 Å². The molecule has 1 aliphatic rings. The summed E-state index contributed by atoms with van der Waals surface area (Å²) in [5, 5.41) is 12.7. The van der Waals surface area contributed by atoms with Crippen molar-refractivity contribution in [3.8, 4) is 0 Å². The number of hydrogen-bond acceptors (Lipinski definition) is 4. The number of aromatic amines is 1. The summed E-state index contributed by atoms with van der Waals surface area (Å²) in [4.78, 5) is 11.9. The zero-order valence-corrected chi connectivity index (χ0v) is 11.9. The molecule has 1 saturated heterocycles. The Labute approximate surface area is 119 Å². The molecule has 2 heterocycles. The van der Waals surface area contributed by atoms with E-state index in [9.17, 15) is 4.79 Å². The molecule has 1 amide bonds. The second-order valence-electron chi connectivity index (χ2n) is 4.84. The molecule has 6 nitrogen and oxygen atoms in total. The van der Waals surface area contributed by atoms with E-state index in [4.69, 9.17) is 4.74 Å². The van der Waals surface area contributed by atoms with Crippen molar-refractivity contribution in [1.82, 2.24) is 20.8 Å². The predicted octanol–water partition coefficient (Wildman–Crippen LogP) is 0.577. The summed E-state index contributed by atoms with van der Waals surface area (Å²) >= 11 is 0. The zero-order valence-electron chi connectivity index (χ0n) is 11.1. The molecule has 19 heavy (non-hydrogen) atoms. The van der Waals surface area contributed by atoms with Gasteiger partial charge < -0.3 is 15.4 Å². The van der Waals surface area contributed by atoms with Crippen LogP contribution in [0.25, 0.3) is 0 Å². The first-order chi connectivity index (χ1) is 8.76. The molecule has 0 atom stereocenters. The van der Waals surface area contributed by atoms with Crippen LogP contribution >= 0.6 is 12.4 Å². The summed E-state index contributed by atoms with van der Waals surface area (Å²) < 4.78 is 5.31. The van der Waals surface area contributed by atoms with Gasteiger partial charge in [0, 0.05) is 25.3 Å². The van der Waals surface area contributed by atoms with Crippen molar-refractivity contribution >= 4 is 18.3 Å². The van der Waals surface area contributed by atoms with E-state index >= 15 is 0 Å². The lowest BCUT2D eigenvalue weighted by Crippen LogP contribution is -2.47. The topological polar surface area (TPSA) is 79.0 Å². The monoisotopic (exact) mass is 288 g/mol. The number of nitrogens with zero attached hydrogens (tertiary/aromatic N) is 1. The molecule has 2 rings (SSSR count). The first-order valence-electron chi connectivity index (χ1n) is 6.23. The molecule has 0 aliphatic carbocycles. The minimum absolute atomic E-state index is 0. The van der Waals surface area contributed by atoms with Crippen LogP contribution in [-0.2, 0) is 4.74 Å². The molecule has 0 unspecified atom stereocenters. The van der Waals surface area contributed by atoms with E-state index in [0.717, 1.165) is 25.9 Å². The Morgan fingerprint density at radius 3 is 2.84 bits per heavy atom. The van der Waals surface area contributed by atoms with Crippen LogP contribution in [0.4, 0.5) is 0 Å². The number of methoxy groups -OCH3 is 1. The van der Waals surface area contributed by atoms with Gasteiger partial charge in [0.1, 0.15) is 5.69 Å². The third-order valence-electron chi connectivity index (χ3n) is 3.48. The molecule has 0 spiro atoms. The van der Waals surface area contributed by atoms with E-state index in [1.807, 2.05) is 0 Å². The fraction of sp³-hybridized carbons (Fsp3) is 0.667. The van der Waals surface area contributed by atoms with E-state index in [0.29, 0.717) is 18.8 Å². The summed E-state index contributed by atoms with van der Waals surface area (Å²) in [5.41, 5.74) is 0.548. The number of ether oxygens (including phenoxy) is 1. The van der Waals surface area contributed by atoms with E-state index < -0.39 is 0 Å². The van der Waals surface area contributed by atoms with Gasteiger partial charge in [-0.3, -0.25) is 9.89 Å². The molecule has 7 heteroatoms. The minimum Gasteiger partial charge on any atom is -0.384 e. The number of hydrogen-bond donors (Lipinski definition) is 3. The Hall–Kier alpha value is -1.11. The van der Waals surface area contributed by atoms with Crippen molar-refractivity contribution < 1.29 is 9.53 Å². The predicted molar refractivity (Wildman–Crippen MR) is 74.6 cm³/mol. The number of amides is 1. The summed E-state index contributed by atoms with van der Waals surface area (Å²) in [6, 6.07) is 1.67. The number of halogens is 1. The smallest absolute Gasteiger partial charge is 0.269 e. The van der Waals surface area contributed by atoms with Gasteiger partial charge in [-0.15, -0.1) is 12.4 Å².